The van der Waals surface area contributed by atoms with Gasteiger partial charge in [-0.2, -0.15) is 4.31 Å². The first-order chi connectivity index (χ1) is 21.4. The molecule has 0 saturated heterocycles. The summed E-state index contributed by atoms with van der Waals surface area (Å²) in [6.45, 7) is 5.45. The predicted octanol–water partition coefficient (Wildman–Crippen LogP) is 7.47. The number of hydrogen-bond donors (Lipinski definition) is 0. The number of hydrogen-bond acceptors (Lipinski definition) is 6. The van der Waals surface area contributed by atoms with Gasteiger partial charge in [0.15, 0.2) is 0 Å². The highest BCUT2D eigenvalue weighted by atomic mass is 35.5. The van der Waals surface area contributed by atoms with Gasteiger partial charge in [-0.05, 0) is 86.5 Å². The van der Waals surface area contributed by atoms with E-state index in [1.54, 1.807) is 37.3 Å². The molecule has 11 heteroatoms. The van der Waals surface area contributed by atoms with Crippen molar-refractivity contribution in [3.05, 3.63) is 134 Å². The maximum Gasteiger partial charge on any atom is 0.340 e. The second-order valence-corrected chi connectivity index (χ2v) is 13.4. The Labute approximate surface area is 272 Å². The fourth-order valence-electron chi connectivity index (χ4n) is 4.96. The van der Waals surface area contributed by atoms with Gasteiger partial charge in [0.2, 0.25) is 10.0 Å². The van der Waals surface area contributed by atoms with E-state index in [-0.39, 0.29) is 34.9 Å². The summed E-state index contributed by atoms with van der Waals surface area (Å²) >= 11 is 12.3. The molecular formula is C34H30Cl2N2O6S. The van der Waals surface area contributed by atoms with Crippen molar-refractivity contribution >= 4 is 56.9 Å². The van der Waals surface area contributed by atoms with Crippen molar-refractivity contribution < 1.29 is 27.2 Å². The molecule has 0 atom stereocenters. The van der Waals surface area contributed by atoms with E-state index in [1.165, 1.54) is 46.7 Å². The van der Waals surface area contributed by atoms with Gasteiger partial charge in [0.1, 0.15) is 11.5 Å². The van der Waals surface area contributed by atoms with Crippen molar-refractivity contribution in [1.82, 2.24) is 4.31 Å². The Morgan fingerprint density at radius 2 is 1.62 bits per heavy atom. The van der Waals surface area contributed by atoms with Crippen LogP contribution in [0.5, 0.6) is 0 Å². The molecule has 2 heterocycles. The molecule has 0 saturated carbocycles. The molecule has 0 bridgehead atoms. The fraction of sp³-hybridized carbons (Fsp3) is 0.176. The Morgan fingerprint density at radius 3 is 2.27 bits per heavy atom. The minimum absolute atomic E-state index is 0.0715. The number of carbonyl (C=O) groups excluding carboxylic acids is 2. The lowest BCUT2D eigenvalue weighted by molar-refractivity contribution is -0.136. The lowest BCUT2D eigenvalue weighted by Crippen LogP contribution is -2.30. The Kier molecular flexibility index (Phi) is 9.36. The highest BCUT2D eigenvalue weighted by molar-refractivity contribution is 7.89. The molecule has 1 aliphatic rings. The fourth-order valence-corrected chi connectivity index (χ4v) is 6.66. The number of rotatable bonds is 9. The number of allylic oxidation sites excluding steroid dienone is 1. The largest absolute Gasteiger partial charge is 0.465 e. The molecule has 4 aromatic rings. The first-order valence-corrected chi connectivity index (χ1v) is 16.1. The van der Waals surface area contributed by atoms with Crippen LogP contribution in [-0.4, -0.2) is 31.7 Å². The third-order valence-corrected chi connectivity index (χ3v) is 9.90. The molecule has 1 aromatic heterocycles. The second-order valence-electron chi connectivity index (χ2n) is 10.6. The number of furan rings is 1. The molecule has 0 spiro atoms. The normalized spacial score (nSPS) is 14.6. The molecule has 5 rings (SSSR count). The smallest absolute Gasteiger partial charge is 0.340 e. The monoisotopic (exact) mass is 664 g/mol. The molecule has 1 amide bonds. The van der Waals surface area contributed by atoms with Gasteiger partial charge in [-0.15, -0.1) is 0 Å². The minimum Gasteiger partial charge on any atom is -0.465 e. The van der Waals surface area contributed by atoms with Gasteiger partial charge in [-0.1, -0.05) is 59.1 Å². The third kappa shape index (κ3) is 6.77. The molecule has 0 N–H and O–H groups in total. The van der Waals surface area contributed by atoms with Gasteiger partial charge in [0, 0.05) is 22.3 Å². The Morgan fingerprint density at radius 1 is 0.933 bits per heavy atom. The molecule has 0 aliphatic carbocycles. The number of amides is 1. The summed E-state index contributed by atoms with van der Waals surface area (Å²) in [7, 11) is -2.72. The topological polar surface area (TPSA) is 97.1 Å². The zero-order valence-corrected chi connectivity index (χ0v) is 27.3. The summed E-state index contributed by atoms with van der Waals surface area (Å²) in [5.41, 5.74) is 3.72. The number of anilines is 1. The van der Waals surface area contributed by atoms with Gasteiger partial charge >= 0.3 is 5.97 Å². The number of aryl methyl sites for hydroxylation is 2. The third-order valence-electron chi connectivity index (χ3n) is 7.44. The zero-order valence-electron chi connectivity index (χ0n) is 25.0. The Bertz CT molecular complexity index is 1940. The quantitative estimate of drug-likeness (QED) is 0.136. The van der Waals surface area contributed by atoms with Crippen molar-refractivity contribution in [1.29, 1.82) is 0 Å². The van der Waals surface area contributed by atoms with Crippen LogP contribution in [0.15, 0.2) is 105 Å². The molecule has 0 unspecified atom stereocenters. The van der Waals surface area contributed by atoms with Crippen molar-refractivity contribution in [2.45, 2.75) is 38.8 Å². The first-order valence-electron chi connectivity index (χ1n) is 13.9. The van der Waals surface area contributed by atoms with Crippen molar-refractivity contribution in [2.75, 3.05) is 12.0 Å². The van der Waals surface area contributed by atoms with Crippen LogP contribution in [0, 0.1) is 13.8 Å². The highest BCUT2D eigenvalue weighted by Crippen LogP contribution is 2.37. The van der Waals surface area contributed by atoms with Crippen LogP contribution in [0.1, 0.15) is 35.1 Å². The molecule has 8 nitrogen and oxygen atoms in total. The molecular weight excluding hydrogens is 635 g/mol. The zero-order chi connectivity index (χ0) is 32.5. The molecule has 232 valence electrons. The summed E-state index contributed by atoms with van der Waals surface area (Å²) in [6, 6.07) is 22.0. The predicted molar refractivity (Wildman–Crippen MR) is 174 cm³/mol. The summed E-state index contributed by atoms with van der Waals surface area (Å²) in [5, 5.41) is 0.897. The van der Waals surface area contributed by atoms with Crippen LogP contribution in [0.2, 0.25) is 10.0 Å². The van der Waals surface area contributed by atoms with Gasteiger partial charge < -0.3 is 9.15 Å². The maximum absolute atomic E-state index is 13.8. The second kappa shape index (κ2) is 13.1. The van der Waals surface area contributed by atoms with E-state index < -0.39 is 21.9 Å². The number of benzene rings is 3. The molecule has 0 radical (unpaired) electrons. The number of nitrogens with zero attached hydrogens (tertiary/aromatic N) is 2. The average molecular weight is 666 g/mol. The van der Waals surface area contributed by atoms with Crippen molar-refractivity contribution in [3.8, 4) is 0 Å². The van der Waals surface area contributed by atoms with E-state index in [0.717, 1.165) is 16.7 Å². The number of methoxy groups -OCH3 is 1. The van der Waals surface area contributed by atoms with Crippen LogP contribution >= 0.6 is 23.2 Å². The first kappa shape index (κ1) is 32.2. The van der Waals surface area contributed by atoms with E-state index in [2.05, 4.69) is 0 Å². The summed E-state index contributed by atoms with van der Waals surface area (Å²) in [4.78, 5) is 28.0. The summed E-state index contributed by atoms with van der Waals surface area (Å²) < 4.78 is 39.9. The minimum atomic E-state index is -3.96. The van der Waals surface area contributed by atoms with Gasteiger partial charge in [0.25, 0.3) is 5.91 Å². The Balaban J connectivity index is 1.49. The van der Waals surface area contributed by atoms with Crippen LogP contribution in [-0.2, 0) is 37.4 Å². The van der Waals surface area contributed by atoms with Crippen LogP contribution in [0.3, 0.4) is 0 Å². The standard InChI is InChI=1S/C34H30Cl2N2O6S/c1-21-5-8-24(9-6-21)19-37(45(41,42)29-15-10-25(35)11-16-29)20-28-14-13-27(44-28)18-30-32(34(40)43-4)23(3)38(33(30)39)26-12-7-22(2)31(36)17-26/h5-18H,19-20H2,1-4H3/b30-18+. The van der Waals surface area contributed by atoms with Crippen LogP contribution in [0.25, 0.3) is 6.08 Å². The SMILES string of the molecule is COC(=O)C1=C(C)N(c2ccc(C)c(Cl)c2)C(=O)/C1=C/c1ccc(CN(Cc2ccc(C)cc2)S(=O)(=O)c2ccc(Cl)cc2)o1. The summed E-state index contributed by atoms with van der Waals surface area (Å²) in [6.07, 6.45) is 1.45. The molecule has 3 aromatic carbocycles. The number of halogens is 2. The van der Waals surface area contributed by atoms with Gasteiger partial charge in [-0.3, -0.25) is 9.69 Å². The van der Waals surface area contributed by atoms with Gasteiger partial charge in [0.05, 0.1) is 35.4 Å². The number of esters is 1. The highest BCUT2D eigenvalue weighted by Gasteiger charge is 2.38. The Hall–Kier alpha value is -4.15. The van der Waals surface area contributed by atoms with E-state index >= 15 is 0 Å². The van der Waals surface area contributed by atoms with Crippen molar-refractivity contribution in [2.24, 2.45) is 0 Å². The van der Waals surface area contributed by atoms with E-state index in [4.69, 9.17) is 32.4 Å². The number of sulfonamides is 1. The molecule has 45 heavy (non-hydrogen) atoms. The summed E-state index contributed by atoms with van der Waals surface area (Å²) in [5.74, 6) is -0.556. The van der Waals surface area contributed by atoms with E-state index in [1.807, 2.05) is 38.1 Å². The van der Waals surface area contributed by atoms with E-state index in [9.17, 15) is 18.0 Å². The van der Waals surface area contributed by atoms with Crippen LogP contribution in [0.4, 0.5) is 5.69 Å². The molecule has 1 aliphatic heterocycles. The maximum atomic E-state index is 13.8. The van der Waals surface area contributed by atoms with Crippen molar-refractivity contribution in [3.63, 3.8) is 0 Å². The lowest BCUT2D eigenvalue weighted by Gasteiger charge is -2.21. The average Bonchev–Trinajstić information content (AvgIpc) is 3.55. The lowest BCUT2D eigenvalue weighted by atomic mass is 10.1. The van der Waals surface area contributed by atoms with E-state index in [0.29, 0.717) is 27.2 Å². The molecule has 0 fully saturated rings. The number of carbonyl (C=O) groups is 2. The number of ether oxygens (including phenoxy) is 1. The van der Waals surface area contributed by atoms with Gasteiger partial charge in [-0.25, -0.2) is 13.2 Å². The van der Waals surface area contributed by atoms with Crippen LogP contribution < -0.4 is 4.90 Å².